The lowest BCUT2D eigenvalue weighted by Crippen LogP contribution is -2.23. The topological polar surface area (TPSA) is 12.0 Å². The summed E-state index contributed by atoms with van der Waals surface area (Å²) in [6, 6.07) is 9.25. The standard InChI is InChI=1S/C15H23N/c1-12(2)16-10-6-8-14(4)15-9-5-7-13(3)11-15/h5,7-9,11-12,16H,6,10H2,1-4H3. The fraction of sp³-hybridized carbons (Fsp3) is 0.467. The van der Waals surface area contributed by atoms with Crippen LogP contribution in [0, 0.1) is 6.92 Å². The Morgan fingerprint density at radius 1 is 1.38 bits per heavy atom. The SMILES string of the molecule is CC(=CCCNC(C)C)c1cccc(C)c1. The molecule has 1 aromatic carbocycles. The zero-order valence-corrected chi connectivity index (χ0v) is 10.9. The van der Waals surface area contributed by atoms with E-state index in [1.165, 1.54) is 16.7 Å². The maximum absolute atomic E-state index is 3.42. The van der Waals surface area contributed by atoms with Crippen molar-refractivity contribution in [1.29, 1.82) is 0 Å². The highest BCUT2D eigenvalue weighted by Crippen LogP contribution is 2.15. The maximum Gasteiger partial charge on any atom is 0.00105 e. The summed E-state index contributed by atoms with van der Waals surface area (Å²) in [4.78, 5) is 0. The third-order valence-electron chi connectivity index (χ3n) is 2.62. The molecule has 0 saturated carbocycles. The van der Waals surface area contributed by atoms with Crippen LogP contribution in [0.5, 0.6) is 0 Å². The first-order valence-electron chi connectivity index (χ1n) is 6.07. The minimum atomic E-state index is 0.577. The van der Waals surface area contributed by atoms with Crippen molar-refractivity contribution in [3.8, 4) is 0 Å². The van der Waals surface area contributed by atoms with E-state index in [1.807, 2.05) is 0 Å². The molecule has 0 spiro atoms. The summed E-state index contributed by atoms with van der Waals surface area (Å²) in [6.07, 6.45) is 3.40. The lowest BCUT2D eigenvalue weighted by molar-refractivity contribution is 0.595. The second-order valence-corrected chi connectivity index (χ2v) is 4.65. The lowest BCUT2D eigenvalue weighted by Gasteiger charge is -2.07. The first-order chi connectivity index (χ1) is 7.59. The summed E-state index contributed by atoms with van der Waals surface area (Å²) >= 11 is 0. The Bertz CT molecular complexity index is 350. The summed E-state index contributed by atoms with van der Waals surface area (Å²) in [6.45, 7) is 9.73. The lowest BCUT2D eigenvalue weighted by atomic mass is 10.0. The number of nitrogens with one attached hydrogen (secondary N) is 1. The molecule has 1 heteroatoms. The summed E-state index contributed by atoms with van der Waals surface area (Å²) in [5.74, 6) is 0. The molecule has 0 bridgehead atoms. The van der Waals surface area contributed by atoms with E-state index in [2.05, 4.69) is 63.4 Å². The van der Waals surface area contributed by atoms with Gasteiger partial charge in [0.1, 0.15) is 0 Å². The number of allylic oxidation sites excluding steroid dienone is 1. The van der Waals surface area contributed by atoms with Gasteiger partial charge < -0.3 is 5.32 Å². The molecule has 0 amide bonds. The van der Waals surface area contributed by atoms with E-state index in [9.17, 15) is 0 Å². The Morgan fingerprint density at radius 2 is 2.12 bits per heavy atom. The zero-order valence-electron chi connectivity index (χ0n) is 10.9. The Kier molecular flexibility index (Phi) is 5.27. The van der Waals surface area contributed by atoms with Crippen molar-refractivity contribution in [3.05, 3.63) is 41.5 Å². The molecule has 0 unspecified atom stereocenters. The van der Waals surface area contributed by atoms with Crippen molar-refractivity contribution >= 4 is 5.57 Å². The van der Waals surface area contributed by atoms with Gasteiger partial charge >= 0.3 is 0 Å². The summed E-state index contributed by atoms with van der Waals surface area (Å²) in [5.41, 5.74) is 4.03. The van der Waals surface area contributed by atoms with Crippen molar-refractivity contribution in [2.45, 2.75) is 40.2 Å². The van der Waals surface area contributed by atoms with Crippen LogP contribution >= 0.6 is 0 Å². The Balaban J connectivity index is 2.50. The monoisotopic (exact) mass is 217 g/mol. The molecule has 0 aliphatic rings. The van der Waals surface area contributed by atoms with Crippen LogP contribution in [0.15, 0.2) is 30.3 Å². The van der Waals surface area contributed by atoms with E-state index in [1.54, 1.807) is 0 Å². The number of aryl methyl sites for hydroxylation is 1. The van der Waals surface area contributed by atoms with Gasteiger partial charge in [-0.15, -0.1) is 0 Å². The molecule has 1 nitrogen and oxygen atoms in total. The second-order valence-electron chi connectivity index (χ2n) is 4.65. The highest BCUT2D eigenvalue weighted by Gasteiger charge is 1.95. The largest absolute Gasteiger partial charge is 0.314 e. The van der Waals surface area contributed by atoms with Crippen molar-refractivity contribution < 1.29 is 0 Å². The number of hydrogen-bond acceptors (Lipinski definition) is 1. The molecular formula is C15H23N. The van der Waals surface area contributed by atoms with Gasteiger partial charge in [0.25, 0.3) is 0 Å². The molecule has 0 heterocycles. The van der Waals surface area contributed by atoms with E-state index < -0.39 is 0 Å². The predicted molar refractivity (Wildman–Crippen MR) is 72.6 cm³/mol. The fourth-order valence-electron chi connectivity index (χ4n) is 1.67. The van der Waals surface area contributed by atoms with Crippen molar-refractivity contribution in [1.82, 2.24) is 5.32 Å². The molecule has 0 aliphatic heterocycles. The Labute approximate surface area is 99.6 Å². The third-order valence-corrected chi connectivity index (χ3v) is 2.62. The molecule has 0 aliphatic carbocycles. The molecule has 1 aromatic rings. The smallest absolute Gasteiger partial charge is 0.00105 e. The molecule has 0 atom stereocenters. The third kappa shape index (κ3) is 4.63. The summed E-state index contributed by atoms with van der Waals surface area (Å²) in [7, 11) is 0. The molecule has 88 valence electrons. The highest BCUT2D eigenvalue weighted by atomic mass is 14.9. The van der Waals surface area contributed by atoms with Crippen molar-refractivity contribution in [2.24, 2.45) is 0 Å². The highest BCUT2D eigenvalue weighted by molar-refractivity contribution is 5.64. The number of benzene rings is 1. The first kappa shape index (κ1) is 13.0. The first-order valence-corrected chi connectivity index (χ1v) is 6.07. The van der Waals surface area contributed by atoms with E-state index >= 15 is 0 Å². The Hall–Kier alpha value is -1.08. The maximum atomic E-state index is 3.42. The van der Waals surface area contributed by atoms with Crippen LogP contribution in [0.1, 0.15) is 38.3 Å². The van der Waals surface area contributed by atoms with Crippen LogP contribution in [0.3, 0.4) is 0 Å². The molecule has 0 saturated heterocycles. The van der Waals surface area contributed by atoms with Gasteiger partial charge in [0.05, 0.1) is 0 Å². The van der Waals surface area contributed by atoms with E-state index in [-0.39, 0.29) is 0 Å². The normalized spacial score (nSPS) is 12.2. The van der Waals surface area contributed by atoms with Gasteiger partial charge in [-0.1, -0.05) is 49.8 Å². The van der Waals surface area contributed by atoms with Gasteiger partial charge in [0.15, 0.2) is 0 Å². The average molecular weight is 217 g/mol. The van der Waals surface area contributed by atoms with Crippen LogP contribution in [0.25, 0.3) is 5.57 Å². The molecule has 1 N–H and O–H groups in total. The average Bonchev–Trinajstić information content (AvgIpc) is 2.24. The van der Waals surface area contributed by atoms with E-state index in [0.717, 1.165) is 13.0 Å². The van der Waals surface area contributed by atoms with Crippen LogP contribution in [0.2, 0.25) is 0 Å². The van der Waals surface area contributed by atoms with Gasteiger partial charge in [-0.25, -0.2) is 0 Å². The van der Waals surface area contributed by atoms with Crippen LogP contribution < -0.4 is 5.32 Å². The molecular weight excluding hydrogens is 194 g/mol. The molecule has 0 aromatic heterocycles. The van der Waals surface area contributed by atoms with Crippen molar-refractivity contribution in [3.63, 3.8) is 0 Å². The van der Waals surface area contributed by atoms with Gasteiger partial charge in [-0.2, -0.15) is 0 Å². The van der Waals surface area contributed by atoms with E-state index in [4.69, 9.17) is 0 Å². The van der Waals surface area contributed by atoms with Crippen LogP contribution in [0.4, 0.5) is 0 Å². The van der Waals surface area contributed by atoms with Crippen LogP contribution in [-0.2, 0) is 0 Å². The molecule has 0 radical (unpaired) electrons. The zero-order chi connectivity index (χ0) is 12.0. The minimum absolute atomic E-state index is 0.577. The van der Waals surface area contributed by atoms with Gasteiger partial charge in [0.2, 0.25) is 0 Å². The van der Waals surface area contributed by atoms with E-state index in [0.29, 0.717) is 6.04 Å². The van der Waals surface area contributed by atoms with Crippen molar-refractivity contribution in [2.75, 3.05) is 6.54 Å². The number of hydrogen-bond donors (Lipinski definition) is 1. The fourth-order valence-corrected chi connectivity index (χ4v) is 1.67. The van der Waals surface area contributed by atoms with Crippen LogP contribution in [-0.4, -0.2) is 12.6 Å². The quantitative estimate of drug-likeness (QED) is 0.740. The summed E-state index contributed by atoms with van der Waals surface area (Å²) in [5, 5.41) is 3.42. The molecule has 0 fully saturated rings. The second kappa shape index (κ2) is 6.49. The minimum Gasteiger partial charge on any atom is -0.314 e. The van der Waals surface area contributed by atoms with Gasteiger partial charge in [-0.3, -0.25) is 0 Å². The Morgan fingerprint density at radius 3 is 2.75 bits per heavy atom. The molecule has 1 rings (SSSR count). The van der Waals surface area contributed by atoms with Gasteiger partial charge in [0, 0.05) is 6.04 Å². The van der Waals surface area contributed by atoms with Gasteiger partial charge in [-0.05, 0) is 37.9 Å². The predicted octanol–water partition coefficient (Wildman–Crippen LogP) is 3.79. The number of rotatable bonds is 5. The summed E-state index contributed by atoms with van der Waals surface area (Å²) < 4.78 is 0. The molecule has 16 heavy (non-hydrogen) atoms.